The molecule has 0 radical (unpaired) electrons. The Hall–Kier alpha value is -3.38. The summed E-state index contributed by atoms with van der Waals surface area (Å²) in [5, 5.41) is 5.35. The smallest absolute Gasteiger partial charge is 0.272 e. The molecule has 146 valence electrons. The van der Waals surface area contributed by atoms with Crippen molar-refractivity contribution < 1.29 is 14.0 Å². The fraction of sp³-hybridized carbons (Fsp3) is 0.0435. The van der Waals surface area contributed by atoms with E-state index in [1.807, 2.05) is 36.6 Å². The summed E-state index contributed by atoms with van der Waals surface area (Å²) in [5.41, 5.74) is 1.71. The molecule has 0 aliphatic carbocycles. The van der Waals surface area contributed by atoms with E-state index in [1.165, 1.54) is 24.3 Å². The summed E-state index contributed by atoms with van der Waals surface area (Å²) < 4.78 is 13.1. The molecule has 0 heterocycles. The van der Waals surface area contributed by atoms with Crippen LogP contribution in [0.15, 0.2) is 89.5 Å². The number of hydrogen-bond acceptors (Lipinski definition) is 3. The molecule has 3 aromatic carbocycles. The number of carbonyl (C=O) groups excluding carboxylic acids is 2. The van der Waals surface area contributed by atoms with E-state index in [2.05, 4.69) is 10.6 Å². The average molecular weight is 406 g/mol. The predicted octanol–water partition coefficient (Wildman–Crippen LogP) is 4.96. The summed E-state index contributed by atoms with van der Waals surface area (Å²) in [7, 11) is 0. The van der Waals surface area contributed by atoms with E-state index in [1.54, 1.807) is 42.1 Å². The molecule has 0 unspecified atom stereocenters. The van der Waals surface area contributed by atoms with E-state index in [0.29, 0.717) is 11.3 Å². The monoisotopic (exact) mass is 406 g/mol. The SMILES string of the molecule is CSc1ccc(/C=C(\NC(=O)c2ccccc2)C(=O)Nc2ccc(F)cc2)cc1. The van der Waals surface area contributed by atoms with Crippen LogP contribution >= 0.6 is 11.8 Å². The van der Waals surface area contributed by atoms with Crippen LogP contribution in [0.3, 0.4) is 0 Å². The number of nitrogens with one attached hydrogen (secondary N) is 2. The molecule has 0 bridgehead atoms. The summed E-state index contributed by atoms with van der Waals surface area (Å²) in [4.78, 5) is 26.5. The number of anilines is 1. The first kappa shape index (κ1) is 20.4. The Morgan fingerprint density at radius 1 is 0.897 bits per heavy atom. The molecule has 4 nitrogen and oxygen atoms in total. The molecule has 0 saturated carbocycles. The summed E-state index contributed by atoms with van der Waals surface area (Å²) in [5.74, 6) is -1.30. The van der Waals surface area contributed by atoms with E-state index in [0.717, 1.165) is 10.5 Å². The van der Waals surface area contributed by atoms with Gasteiger partial charge in [-0.25, -0.2) is 4.39 Å². The highest BCUT2D eigenvalue weighted by molar-refractivity contribution is 7.98. The van der Waals surface area contributed by atoms with E-state index in [-0.39, 0.29) is 5.70 Å². The van der Waals surface area contributed by atoms with Crippen molar-refractivity contribution in [1.29, 1.82) is 0 Å². The van der Waals surface area contributed by atoms with Crippen molar-refractivity contribution in [3.05, 3.63) is 102 Å². The van der Waals surface area contributed by atoms with Crippen LogP contribution in [0.1, 0.15) is 15.9 Å². The molecule has 2 N–H and O–H groups in total. The molecule has 0 fully saturated rings. The number of thioether (sulfide) groups is 1. The second-order valence-electron chi connectivity index (χ2n) is 6.11. The minimum Gasteiger partial charge on any atom is -0.321 e. The lowest BCUT2D eigenvalue weighted by Crippen LogP contribution is -2.30. The molecule has 0 saturated heterocycles. The van der Waals surface area contributed by atoms with Gasteiger partial charge in [0.2, 0.25) is 0 Å². The van der Waals surface area contributed by atoms with Crippen molar-refractivity contribution in [1.82, 2.24) is 5.32 Å². The van der Waals surface area contributed by atoms with Crippen LogP contribution in [0.25, 0.3) is 6.08 Å². The Balaban J connectivity index is 1.86. The summed E-state index contributed by atoms with van der Waals surface area (Å²) in [6, 6.07) is 21.7. The summed E-state index contributed by atoms with van der Waals surface area (Å²) >= 11 is 1.61. The first-order valence-electron chi connectivity index (χ1n) is 8.84. The lowest BCUT2D eigenvalue weighted by atomic mass is 10.1. The molecule has 0 atom stereocenters. The topological polar surface area (TPSA) is 58.2 Å². The number of halogens is 1. The molecular formula is C23H19FN2O2S. The predicted molar refractivity (Wildman–Crippen MR) is 115 cm³/mol. The van der Waals surface area contributed by atoms with Crippen molar-refractivity contribution >= 4 is 35.3 Å². The Morgan fingerprint density at radius 2 is 1.55 bits per heavy atom. The maximum Gasteiger partial charge on any atom is 0.272 e. The van der Waals surface area contributed by atoms with Gasteiger partial charge in [-0.1, -0.05) is 30.3 Å². The van der Waals surface area contributed by atoms with E-state index in [4.69, 9.17) is 0 Å². The van der Waals surface area contributed by atoms with E-state index in [9.17, 15) is 14.0 Å². The van der Waals surface area contributed by atoms with Crippen LogP contribution in [-0.4, -0.2) is 18.1 Å². The van der Waals surface area contributed by atoms with Crippen molar-refractivity contribution in [2.45, 2.75) is 4.90 Å². The fourth-order valence-corrected chi connectivity index (χ4v) is 2.95. The number of hydrogen-bond donors (Lipinski definition) is 2. The second kappa shape index (κ2) is 9.71. The van der Waals surface area contributed by atoms with Gasteiger partial charge in [0, 0.05) is 16.1 Å². The van der Waals surface area contributed by atoms with Crippen molar-refractivity contribution in [2.24, 2.45) is 0 Å². The third kappa shape index (κ3) is 5.80. The van der Waals surface area contributed by atoms with Crippen LogP contribution in [-0.2, 0) is 4.79 Å². The quantitative estimate of drug-likeness (QED) is 0.449. The molecule has 0 aliphatic heterocycles. The normalized spacial score (nSPS) is 11.0. The number of benzene rings is 3. The molecular weight excluding hydrogens is 387 g/mol. The first-order valence-corrected chi connectivity index (χ1v) is 10.1. The zero-order chi connectivity index (χ0) is 20.6. The van der Waals surface area contributed by atoms with Gasteiger partial charge in [-0.15, -0.1) is 11.8 Å². The average Bonchev–Trinajstić information content (AvgIpc) is 2.76. The second-order valence-corrected chi connectivity index (χ2v) is 6.99. The molecule has 0 spiro atoms. The number of rotatable bonds is 6. The Labute approximate surface area is 172 Å². The number of carbonyl (C=O) groups is 2. The lowest BCUT2D eigenvalue weighted by Gasteiger charge is -2.11. The van der Waals surface area contributed by atoms with Crippen molar-refractivity contribution in [2.75, 3.05) is 11.6 Å². The highest BCUT2D eigenvalue weighted by atomic mass is 32.2. The maximum atomic E-state index is 13.1. The highest BCUT2D eigenvalue weighted by Crippen LogP contribution is 2.17. The molecule has 6 heteroatoms. The van der Waals surface area contributed by atoms with Crippen LogP contribution in [0.4, 0.5) is 10.1 Å². The standard InChI is InChI=1S/C23H19FN2O2S/c1-29-20-13-7-16(8-14-20)15-21(26-22(27)17-5-3-2-4-6-17)23(28)25-19-11-9-18(24)10-12-19/h2-15H,1H3,(H,25,28)(H,26,27)/b21-15-. The molecule has 0 aromatic heterocycles. The van der Waals surface area contributed by atoms with Crippen LogP contribution in [0, 0.1) is 5.82 Å². The minimum atomic E-state index is -0.505. The Morgan fingerprint density at radius 3 is 2.17 bits per heavy atom. The van der Waals surface area contributed by atoms with Gasteiger partial charge in [0.15, 0.2) is 0 Å². The van der Waals surface area contributed by atoms with Gasteiger partial charge >= 0.3 is 0 Å². The van der Waals surface area contributed by atoms with Gasteiger partial charge < -0.3 is 10.6 Å². The number of amides is 2. The summed E-state index contributed by atoms with van der Waals surface area (Å²) in [6.07, 6.45) is 3.58. The van der Waals surface area contributed by atoms with Gasteiger partial charge in [-0.2, -0.15) is 0 Å². The molecule has 3 rings (SSSR count). The van der Waals surface area contributed by atoms with Crippen molar-refractivity contribution in [3.63, 3.8) is 0 Å². The van der Waals surface area contributed by atoms with Crippen LogP contribution in [0.5, 0.6) is 0 Å². The minimum absolute atomic E-state index is 0.0834. The van der Waals surface area contributed by atoms with Crippen molar-refractivity contribution in [3.8, 4) is 0 Å². The van der Waals surface area contributed by atoms with Gasteiger partial charge in [-0.3, -0.25) is 9.59 Å². The summed E-state index contributed by atoms with van der Waals surface area (Å²) in [6.45, 7) is 0. The van der Waals surface area contributed by atoms with E-state index >= 15 is 0 Å². The highest BCUT2D eigenvalue weighted by Gasteiger charge is 2.15. The van der Waals surface area contributed by atoms with Gasteiger partial charge in [0.1, 0.15) is 11.5 Å². The zero-order valence-electron chi connectivity index (χ0n) is 15.7. The Kier molecular flexibility index (Phi) is 6.81. The van der Waals surface area contributed by atoms with E-state index < -0.39 is 17.6 Å². The lowest BCUT2D eigenvalue weighted by molar-refractivity contribution is -0.113. The van der Waals surface area contributed by atoms with Crippen LogP contribution < -0.4 is 10.6 Å². The van der Waals surface area contributed by atoms with Gasteiger partial charge in [0.05, 0.1) is 0 Å². The molecule has 2 amide bonds. The van der Waals surface area contributed by atoms with Gasteiger partial charge in [0.25, 0.3) is 11.8 Å². The van der Waals surface area contributed by atoms with Crippen LogP contribution in [0.2, 0.25) is 0 Å². The first-order chi connectivity index (χ1) is 14.0. The Bertz CT molecular complexity index is 1020. The molecule has 29 heavy (non-hydrogen) atoms. The third-order valence-corrected chi connectivity index (χ3v) is 4.80. The largest absolute Gasteiger partial charge is 0.321 e. The third-order valence-electron chi connectivity index (χ3n) is 4.06. The van der Waals surface area contributed by atoms with Gasteiger partial charge in [-0.05, 0) is 66.4 Å². The maximum absolute atomic E-state index is 13.1. The zero-order valence-corrected chi connectivity index (χ0v) is 16.5. The molecule has 0 aliphatic rings. The molecule has 3 aromatic rings. The fourth-order valence-electron chi connectivity index (χ4n) is 2.54.